The summed E-state index contributed by atoms with van der Waals surface area (Å²) in [5.74, 6) is 0.591. The smallest absolute Gasteiger partial charge is 0.255 e. The van der Waals surface area contributed by atoms with Gasteiger partial charge in [-0.15, -0.1) is 0 Å². The van der Waals surface area contributed by atoms with Gasteiger partial charge in [-0.25, -0.2) is 0 Å². The molecule has 0 aliphatic rings. The van der Waals surface area contributed by atoms with Crippen LogP contribution in [0.25, 0.3) is 0 Å². The zero-order chi connectivity index (χ0) is 15.2. The number of nitrogens with one attached hydrogen (secondary N) is 1. The zero-order valence-corrected chi connectivity index (χ0v) is 13.9. The Labute approximate surface area is 137 Å². The quantitative estimate of drug-likeness (QED) is 0.793. The number of halogens is 2. The highest BCUT2D eigenvalue weighted by molar-refractivity contribution is 9.10. The average molecular weight is 369 g/mol. The van der Waals surface area contributed by atoms with Gasteiger partial charge in [-0.1, -0.05) is 18.5 Å². The third-order valence-corrected chi connectivity index (χ3v) is 4.00. The Morgan fingerprint density at radius 1 is 1.24 bits per heavy atom. The molecule has 2 aromatic carbocycles. The maximum absolute atomic E-state index is 12.1. The maximum atomic E-state index is 12.1. The Bertz CT molecular complexity index is 629. The van der Waals surface area contributed by atoms with Crippen molar-refractivity contribution in [2.45, 2.75) is 13.3 Å². The molecule has 0 radical (unpaired) electrons. The molecule has 0 saturated heterocycles. The van der Waals surface area contributed by atoms with E-state index in [0.29, 0.717) is 22.9 Å². The summed E-state index contributed by atoms with van der Waals surface area (Å²) >= 11 is 9.28. The number of rotatable bonds is 5. The van der Waals surface area contributed by atoms with Crippen LogP contribution < -0.4 is 10.1 Å². The summed E-state index contributed by atoms with van der Waals surface area (Å²) in [7, 11) is 0. The molecule has 3 nitrogen and oxygen atoms in total. The highest BCUT2D eigenvalue weighted by atomic mass is 79.9. The molecular formula is C16H15BrClNO2. The molecule has 0 heterocycles. The minimum atomic E-state index is -0.202. The van der Waals surface area contributed by atoms with Crippen LogP contribution in [0.2, 0.25) is 5.02 Å². The van der Waals surface area contributed by atoms with E-state index in [9.17, 15) is 4.79 Å². The number of amides is 1. The van der Waals surface area contributed by atoms with Crippen LogP contribution in [0.1, 0.15) is 23.7 Å². The summed E-state index contributed by atoms with van der Waals surface area (Å²) in [6.45, 7) is 2.74. The number of benzene rings is 2. The van der Waals surface area contributed by atoms with Crippen molar-refractivity contribution in [2.24, 2.45) is 0 Å². The van der Waals surface area contributed by atoms with Crippen LogP contribution in [0.15, 0.2) is 46.9 Å². The van der Waals surface area contributed by atoms with Gasteiger partial charge in [-0.2, -0.15) is 0 Å². The molecule has 0 aliphatic heterocycles. The summed E-state index contributed by atoms with van der Waals surface area (Å²) in [5.41, 5.74) is 1.22. The first-order valence-corrected chi connectivity index (χ1v) is 7.76. The van der Waals surface area contributed by atoms with E-state index in [0.717, 1.165) is 16.6 Å². The molecule has 0 fully saturated rings. The zero-order valence-electron chi connectivity index (χ0n) is 11.5. The largest absolute Gasteiger partial charge is 0.494 e. The van der Waals surface area contributed by atoms with Gasteiger partial charge in [0.2, 0.25) is 0 Å². The molecule has 0 atom stereocenters. The monoisotopic (exact) mass is 367 g/mol. The van der Waals surface area contributed by atoms with Gasteiger partial charge in [0, 0.05) is 15.7 Å². The van der Waals surface area contributed by atoms with E-state index < -0.39 is 0 Å². The van der Waals surface area contributed by atoms with Gasteiger partial charge in [-0.3, -0.25) is 4.79 Å². The number of ether oxygens (including phenoxy) is 1. The Kier molecular flexibility index (Phi) is 5.65. The van der Waals surface area contributed by atoms with Gasteiger partial charge in [0.1, 0.15) is 5.75 Å². The first-order chi connectivity index (χ1) is 10.1. The number of carbonyl (C=O) groups excluding carboxylic acids is 1. The van der Waals surface area contributed by atoms with E-state index in [1.165, 1.54) is 0 Å². The highest BCUT2D eigenvalue weighted by Gasteiger charge is 2.08. The van der Waals surface area contributed by atoms with Crippen LogP contribution in [-0.2, 0) is 0 Å². The fourth-order valence-electron chi connectivity index (χ4n) is 1.70. The summed E-state index contributed by atoms with van der Waals surface area (Å²) in [4.78, 5) is 12.1. The molecule has 110 valence electrons. The first kappa shape index (κ1) is 15.9. The minimum absolute atomic E-state index is 0.202. The molecule has 0 saturated carbocycles. The molecule has 1 amide bonds. The minimum Gasteiger partial charge on any atom is -0.494 e. The van der Waals surface area contributed by atoms with E-state index in [-0.39, 0.29) is 5.91 Å². The van der Waals surface area contributed by atoms with Crippen LogP contribution in [-0.4, -0.2) is 12.5 Å². The molecule has 0 aliphatic carbocycles. The summed E-state index contributed by atoms with van der Waals surface area (Å²) < 4.78 is 6.26. The summed E-state index contributed by atoms with van der Waals surface area (Å²) in [6.07, 6.45) is 0.961. The van der Waals surface area contributed by atoms with Crippen molar-refractivity contribution in [3.8, 4) is 5.75 Å². The van der Waals surface area contributed by atoms with Gasteiger partial charge < -0.3 is 10.1 Å². The molecule has 2 aromatic rings. The molecule has 0 bridgehead atoms. The third-order valence-electron chi connectivity index (χ3n) is 2.77. The fraction of sp³-hybridized carbons (Fsp3) is 0.188. The number of carbonyl (C=O) groups is 1. The number of hydrogen-bond donors (Lipinski definition) is 1. The van der Waals surface area contributed by atoms with Crippen molar-refractivity contribution < 1.29 is 9.53 Å². The predicted octanol–water partition coefficient (Wildman–Crippen LogP) is 5.14. The second-order valence-electron chi connectivity index (χ2n) is 4.46. The van der Waals surface area contributed by atoms with Crippen molar-refractivity contribution >= 4 is 39.1 Å². The number of anilines is 1. The van der Waals surface area contributed by atoms with Crippen LogP contribution in [0.5, 0.6) is 5.75 Å². The standard InChI is InChI=1S/C16H15BrClNO2/c1-2-9-21-13-6-4-12(5-7-13)19-16(20)11-3-8-14(17)15(18)10-11/h3-8,10H,2,9H2,1H3,(H,19,20). The van der Waals surface area contributed by atoms with Crippen LogP contribution in [0, 0.1) is 0 Å². The van der Waals surface area contributed by atoms with Crippen molar-refractivity contribution in [1.29, 1.82) is 0 Å². The Balaban J connectivity index is 2.03. The lowest BCUT2D eigenvalue weighted by atomic mass is 10.2. The first-order valence-electron chi connectivity index (χ1n) is 6.59. The topological polar surface area (TPSA) is 38.3 Å². The van der Waals surface area contributed by atoms with Gasteiger partial charge in [0.25, 0.3) is 5.91 Å². The average Bonchev–Trinajstić information content (AvgIpc) is 2.49. The van der Waals surface area contributed by atoms with E-state index in [1.807, 2.05) is 24.3 Å². The van der Waals surface area contributed by atoms with Gasteiger partial charge in [-0.05, 0) is 64.8 Å². The third kappa shape index (κ3) is 4.48. The predicted molar refractivity (Wildman–Crippen MR) is 89.3 cm³/mol. The number of hydrogen-bond acceptors (Lipinski definition) is 2. The lowest BCUT2D eigenvalue weighted by molar-refractivity contribution is 0.102. The SMILES string of the molecule is CCCOc1ccc(NC(=O)c2ccc(Br)c(Cl)c2)cc1. The normalized spacial score (nSPS) is 10.2. The maximum Gasteiger partial charge on any atom is 0.255 e. The lowest BCUT2D eigenvalue weighted by Gasteiger charge is -2.08. The second kappa shape index (κ2) is 7.48. The Hall–Kier alpha value is -1.52. The molecule has 0 aromatic heterocycles. The van der Waals surface area contributed by atoms with Crippen molar-refractivity contribution in [2.75, 3.05) is 11.9 Å². The molecule has 2 rings (SSSR count). The molecule has 1 N–H and O–H groups in total. The van der Waals surface area contributed by atoms with Gasteiger partial charge >= 0.3 is 0 Å². The Morgan fingerprint density at radius 3 is 2.57 bits per heavy atom. The van der Waals surface area contributed by atoms with Crippen LogP contribution in [0.3, 0.4) is 0 Å². The van der Waals surface area contributed by atoms with E-state index >= 15 is 0 Å². The summed E-state index contributed by atoms with van der Waals surface area (Å²) in [6, 6.07) is 12.4. The fourth-order valence-corrected chi connectivity index (χ4v) is 2.12. The van der Waals surface area contributed by atoms with Crippen molar-refractivity contribution in [1.82, 2.24) is 0 Å². The molecular weight excluding hydrogens is 354 g/mol. The summed E-state index contributed by atoms with van der Waals surface area (Å²) in [5, 5.41) is 3.33. The lowest BCUT2D eigenvalue weighted by Crippen LogP contribution is -2.11. The van der Waals surface area contributed by atoms with Gasteiger partial charge in [0.15, 0.2) is 0 Å². The van der Waals surface area contributed by atoms with Crippen molar-refractivity contribution in [3.63, 3.8) is 0 Å². The van der Waals surface area contributed by atoms with E-state index in [4.69, 9.17) is 16.3 Å². The molecule has 21 heavy (non-hydrogen) atoms. The van der Waals surface area contributed by atoms with E-state index in [1.54, 1.807) is 18.2 Å². The van der Waals surface area contributed by atoms with Crippen LogP contribution in [0.4, 0.5) is 5.69 Å². The van der Waals surface area contributed by atoms with Crippen molar-refractivity contribution in [3.05, 3.63) is 57.5 Å². The molecule has 5 heteroatoms. The van der Waals surface area contributed by atoms with E-state index in [2.05, 4.69) is 28.2 Å². The Morgan fingerprint density at radius 2 is 1.95 bits per heavy atom. The molecule has 0 spiro atoms. The molecule has 0 unspecified atom stereocenters. The van der Waals surface area contributed by atoms with Gasteiger partial charge in [0.05, 0.1) is 11.6 Å². The second-order valence-corrected chi connectivity index (χ2v) is 5.72. The van der Waals surface area contributed by atoms with Crippen LogP contribution >= 0.6 is 27.5 Å². The highest BCUT2D eigenvalue weighted by Crippen LogP contribution is 2.24.